The molecular weight excluding hydrogens is 406 g/mol. The SMILES string of the molecule is N#Cc1ccc(CSc2nnc(NC(=O)C3CCCN(C(=O)C4CC4)C3)s2)cc1. The van der Waals surface area contributed by atoms with Gasteiger partial charge in [0.15, 0.2) is 4.34 Å². The number of hydrogen-bond donors (Lipinski definition) is 1. The third kappa shape index (κ3) is 5.14. The van der Waals surface area contributed by atoms with Crippen LogP contribution in [0.4, 0.5) is 5.13 Å². The van der Waals surface area contributed by atoms with E-state index in [0.29, 0.717) is 17.2 Å². The van der Waals surface area contributed by atoms with Gasteiger partial charge >= 0.3 is 0 Å². The predicted octanol–water partition coefficient (Wildman–Crippen LogP) is 3.29. The van der Waals surface area contributed by atoms with Crippen LogP contribution in [-0.2, 0) is 15.3 Å². The van der Waals surface area contributed by atoms with E-state index >= 15 is 0 Å². The molecule has 1 atom stereocenters. The van der Waals surface area contributed by atoms with Gasteiger partial charge in [-0.2, -0.15) is 5.26 Å². The van der Waals surface area contributed by atoms with Crippen LogP contribution in [0.1, 0.15) is 36.8 Å². The zero-order chi connectivity index (χ0) is 20.2. The van der Waals surface area contributed by atoms with Gasteiger partial charge in [0.25, 0.3) is 0 Å². The molecule has 1 unspecified atom stereocenters. The van der Waals surface area contributed by atoms with E-state index < -0.39 is 0 Å². The van der Waals surface area contributed by atoms with Crippen LogP contribution in [0.15, 0.2) is 28.6 Å². The first-order valence-electron chi connectivity index (χ1n) is 9.67. The first kappa shape index (κ1) is 19.9. The minimum atomic E-state index is -0.190. The van der Waals surface area contributed by atoms with Crippen molar-refractivity contribution in [2.75, 3.05) is 18.4 Å². The summed E-state index contributed by atoms with van der Waals surface area (Å²) in [5.74, 6) is 0.841. The van der Waals surface area contributed by atoms with Gasteiger partial charge in [0, 0.05) is 24.8 Å². The Morgan fingerprint density at radius 2 is 2.00 bits per heavy atom. The van der Waals surface area contributed by atoms with Crippen molar-refractivity contribution in [1.82, 2.24) is 15.1 Å². The normalized spacial score (nSPS) is 18.9. The van der Waals surface area contributed by atoms with Gasteiger partial charge in [0.1, 0.15) is 0 Å². The molecule has 1 N–H and O–H groups in total. The van der Waals surface area contributed by atoms with Crippen LogP contribution in [0.3, 0.4) is 0 Å². The summed E-state index contributed by atoms with van der Waals surface area (Å²) in [6.45, 7) is 1.26. The first-order valence-corrected chi connectivity index (χ1v) is 11.5. The average Bonchev–Trinajstić information content (AvgIpc) is 3.52. The largest absolute Gasteiger partial charge is 0.342 e. The van der Waals surface area contributed by atoms with Crippen molar-refractivity contribution in [3.8, 4) is 6.07 Å². The number of nitriles is 1. The van der Waals surface area contributed by atoms with Crippen LogP contribution >= 0.6 is 23.1 Å². The van der Waals surface area contributed by atoms with Gasteiger partial charge in [0.2, 0.25) is 16.9 Å². The topological polar surface area (TPSA) is 99.0 Å². The molecule has 2 aliphatic rings. The first-order chi connectivity index (χ1) is 14.1. The molecule has 2 amide bonds. The second-order valence-corrected chi connectivity index (χ2v) is 9.56. The maximum Gasteiger partial charge on any atom is 0.231 e. The molecule has 4 rings (SSSR count). The smallest absolute Gasteiger partial charge is 0.231 e. The Kier molecular flexibility index (Phi) is 6.11. The Morgan fingerprint density at radius 3 is 2.72 bits per heavy atom. The number of nitrogens with zero attached hydrogens (tertiary/aromatic N) is 4. The summed E-state index contributed by atoms with van der Waals surface area (Å²) in [6, 6.07) is 9.54. The van der Waals surface area contributed by atoms with Gasteiger partial charge < -0.3 is 10.2 Å². The summed E-state index contributed by atoms with van der Waals surface area (Å²) in [4.78, 5) is 26.7. The monoisotopic (exact) mass is 427 g/mol. The summed E-state index contributed by atoms with van der Waals surface area (Å²) in [5, 5.41) is 20.4. The van der Waals surface area contributed by atoms with Gasteiger partial charge in [-0.3, -0.25) is 9.59 Å². The summed E-state index contributed by atoms with van der Waals surface area (Å²) in [5.41, 5.74) is 1.73. The number of aromatic nitrogens is 2. The number of nitrogens with one attached hydrogen (secondary N) is 1. The number of amides is 2. The van der Waals surface area contributed by atoms with Crippen LogP contribution in [0.2, 0.25) is 0 Å². The number of hydrogen-bond acceptors (Lipinski definition) is 7. The molecule has 1 saturated heterocycles. The van der Waals surface area contributed by atoms with E-state index in [4.69, 9.17) is 5.26 Å². The molecule has 2 heterocycles. The van der Waals surface area contributed by atoms with Crippen molar-refractivity contribution in [3.63, 3.8) is 0 Å². The minimum absolute atomic E-state index is 0.0851. The number of piperidine rings is 1. The van der Waals surface area contributed by atoms with Crippen LogP contribution in [0.25, 0.3) is 0 Å². The Labute approximate surface area is 177 Å². The van der Waals surface area contributed by atoms with Crippen LogP contribution in [0.5, 0.6) is 0 Å². The fraction of sp³-hybridized carbons (Fsp3) is 0.450. The number of rotatable bonds is 6. The van der Waals surface area contributed by atoms with E-state index in [0.717, 1.165) is 47.9 Å². The van der Waals surface area contributed by atoms with Crippen molar-refractivity contribution >= 4 is 40.0 Å². The Bertz CT molecular complexity index is 933. The molecular formula is C20H21N5O2S2. The molecule has 1 aromatic heterocycles. The molecule has 2 fully saturated rings. The number of benzene rings is 1. The third-order valence-electron chi connectivity index (χ3n) is 5.11. The molecule has 0 radical (unpaired) electrons. The predicted molar refractivity (Wildman–Crippen MR) is 111 cm³/mol. The molecule has 0 spiro atoms. The second-order valence-electron chi connectivity index (χ2n) is 7.36. The lowest BCUT2D eigenvalue weighted by Gasteiger charge is -2.32. The number of carbonyl (C=O) groups excluding carboxylic acids is 2. The Balaban J connectivity index is 1.28. The summed E-state index contributed by atoms with van der Waals surface area (Å²) < 4.78 is 0.777. The Hall–Kier alpha value is -2.44. The second kappa shape index (κ2) is 8.93. The number of likely N-dealkylation sites (tertiary alicyclic amines) is 1. The average molecular weight is 428 g/mol. The lowest BCUT2D eigenvalue weighted by molar-refractivity contribution is -0.135. The van der Waals surface area contributed by atoms with Gasteiger partial charge in [-0.1, -0.05) is 35.2 Å². The highest BCUT2D eigenvalue weighted by Crippen LogP contribution is 2.33. The van der Waals surface area contributed by atoms with Crippen LogP contribution < -0.4 is 5.32 Å². The van der Waals surface area contributed by atoms with Crippen LogP contribution in [0, 0.1) is 23.2 Å². The highest BCUT2D eigenvalue weighted by molar-refractivity contribution is 8.00. The maximum absolute atomic E-state index is 12.6. The molecule has 2 aromatic rings. The molecule has 29 heavy (non-hydrogen) atoms. The lowest BCUT2D eigenvalue weighted by Crippen LogP contribution is -2.44. The number of carbonyl (C=O) groups is 2. The highest BCUT2D eigenvalue weighted by Gasteiger charge is 2.36. The van der Waals surface area contributed by atoms with E-state index in [1.165, 1.54) is 11.3 Å². The van der Waals surface area contributed by atoms with Crippen molar-refractivity contribution in [2.24, 2.45) is 11.8 Å². The molecule has 1 aliphatic carbocycles. The molecule has 0 bridgehead atoms. The van der Waals surface area contributed by atoms with E-state index in [1.807, 2.05) is 17.0 Å². The van der Waals surface area contributed by atoms with Gasteiger partial charge in [-0.05, 0) is 43.4 Å². The van der Waals surface area contributed by atoms with Crippen LogP contribution in [-0.4, -0.2) is 40.0 Å². The summed E-state index contributed by atoms with van der Waals surface area (Å²) in [6.07, 6.45) is 3.62. The molecule has 9 heteroatoms. The third-order valence-corrected chi connectivity index (χ3v) is 7.16. The fourth-order valence-corrected chi connectivity index (χ4v) is 5.04. The zero-order valence-corrected chi connectivity index (χ0v) is 17.5. The minimum Gasteiger partial charge on any atom is -0.342 e. The van der Waals surface area contributed by atoms with Crippen molar-refractivity contribution in [1.29, 1.82) is 5.26 Å². The van der Waals surface area contributed by atoms with E-state index in [2.05, 4.69) is 21.6 Å². The maximum atomic E-state index is 12.6. The molecule has 1 aromatic carbocycles. The zero-order valence-electron chi connectivity index (χ0n) is 15.8. The van der Waals surface area contributed by atoms with Crippen molar-refractivity contribution in [3.05, 3.63) is 35.4 Å². The van der Waals surface area contributed by atoms with Crippen molar-refractivity contribution in [2.45, 2.75) is 35.8 Å². The number of anilines is 1. The Morgan fingerprint density at radius 1 is 1.21 bits per heavy atom. The lowest BCUT2D eigenvalue weighted by atomic mass is 9.97. The molecule has 150 valence electrons. The fourth-order valence-electron chi connectivity index (χ4n) is 3.33. The summed E-state index contributed by atoms with van der Waals surface area (Å²) >= 11 is 2.89. The molecule has 1 aliphatic heterocycles. The van der Waals surface area contributed by atoms with E-state index in [-0.39, 0.29) is 23.7 Å². The highest BCUT2D eigenvalue weighted by atomic mass is 32.2. The van der Waals surface area contributed by atoms with Gasteiger partial charge in [-0.15, -0.1) is 10.2 Å². The molecule has 7 nitrogen and oxygen atoms in total. The van der Waals surface area contributed by atoms with Gasteiger partial charge in [0.05, 0.1) is 17.6 Å². The number of thioether (sulfide) groups is 1. The van der Waals surface area contributed by atoms with Crippen molar-refractivity contribution < 1.29 is 9.59 Å². The standard InChI is InChI=1S/C20H21N5O2S2/c21-10-13-3-5-14(6-4-13)12-28-20-24-23-19(29-20)22-17(26)16-2-1-9-25(11-16)18(27)15-7-8-15/h3-6,15-16H,1-2,7-9,11-12H2,(H,22,23,26). The quantitative estimate of drug-likeness (QED) is 0.561. The van der Waals surface area contributed by atoms with E-state index in [9.17, 15) is 9.59 Å². The van der Waals surface area contributed by atoms with E-state index in [1.54, 1.807) is 23.9 Å². The molecule has 1 saturated carbocycles. The van der Waals surface area contributed by atoms with Gasteiger partial charge in [-0.25, -0.2) is 0 Å². The summed E-state index contributed by atoms with van der Waals surface area (Å²) in [7, 11) is 0.